The van der Waals surface area contributed by atoms with Crippen molar-refractivity contribution in [2.75, 3.05) is 5.75 Å². The number of imide groups is 1. The standard InChI is InChI=1S/C24H29N5O3S/c1-16-11-13-24(14-12-16)21(31)29(22(32)26-24)27-20(30)15-33-23-25-18-9-5-6-10-19(18)28(23)17-7-3-2-4-8-17/h2-4,7-8,16H,5-6,9-15H2,1H3,(H,26,32)(H,27,30). The molecule has 0 unspecified atom stereocenters. The predicted molar refractivity (Wildman–Crippen MR) is 125 cm³/mol. The highest BCUT2D eigenvalue weighted by Crippen LogP contribution is 2.36. The molecule has 2 aliphatic carbocycles. The maximum atomic E-state index is 13.0. The number of amides is 4. The molecule has 2 aromatic rings. The number of rotatable bonds is 5. The second kappa shape index (κ2) is 8.85. The third-order valence-corrected chi connectivity index (χ3v) is 7.91. The van der Waals surface area contributed by atoms with E-state index in [0.717, 1.165) is 60.1 Å². The smallest absolute Gasteiger partial charge is 0.322 e. The Balaban J connectivity index is 1.28. The third kappa shape index (κ3) is 4.14. The molecule has 1 aliphatic heterocycles. The molecule has 2 heterocycles. The zero-order chi connectivity index (χ0) is 23.0. The number of nitrogens with zero attached hydrogens (tertiary/aromatic N) is 3. The third-order valence-electron chi connectivity index (χ3n) is 6.97. The van der Waals surface area contributed by atoms with E-state index in [1.54, 1.807) is 0 Å². The van der Waals surface area contributed by atoms with E-state index in [4.69, 9.17) is 4.98 Å². The number of hydrazine groups is 1. The first-order valence-corrected chi connectivity index (χ1v) is 12.7. The number of aromatic nitrogens is 2. The molecule has 4 amide bonds. The lowest BCUT2D eigenvalue weighted by Gasteiger charge is -2.33. The lowest BCUT2D eigenvalue weighted by molar-refractivity contribution is -0.139. The van der Waals surface area contributed by atoms with Crippen molar-refractivity contribution in [2.24, 2.45) is 5.92 Å². The molecule has 33 heavy (non-hydrogen) atoms. The van der Waals surface area contributed by atoms with Crippen molar-refractivity contribution in [3.8, 4) is 5.69 Å². The van der Waals surface area contributed by atoms with Gasteiger partial charge in [0.15, 0.2) is 5.16 Å². The van der Waals surface area contributed by atoms with Gasteiger partial charge in [0.1, 0.15) is 5.54 Å². The Morgan fingerprint density at radius 1 is 1.18 bits per heavy atom. The van der Waals surface area contributed by atoms with E-state index in [2.05, 4.69) is 22.2 Å². The monoisotopic (exact) mass is 467 g/mol. The molecular formula is C24H29N5O3S. The van der Waals surface area contributed by atoms with Gasteiger partial charge in [0, 0.05) is 11.4 Å². The number of benzene rings is 1. The van der Waals surface area contributed by atoms with E-state index in [1.165, 1.54) is 17.5 Å². The molecule has 174 valence electrons. The average molecular weight is 468 g/mol. The zero-order valence-corrected chi connectivity index (χ0v) is 19.6. The molecule has 0 radical (unpaired) electrons. The summed E-state index contributed by atoms with van der Waals surface area (Å²) >= 11 is 1.33. The molecule has 9 heteroatoms. The molecule has 0 atom stereocenters. The maximum absolute atomic E-state index is 13.0. The van der Waals surface area contributed by atoms with Gasteiger partial charge in [-0.25, -0.2) is 9.78 Å². The van der Waals surface area contributed by atoms with Crippen LogP contribution >= 0.6 is 11.8 Å². The van der Waals surface area contributed by atoms with Crippen LogP contribution in [-0.2, 0) is 22.4 Å². The quantitative estimate of drug-likeness (QED) is 0.519. The number of imidazole rings is 1. The zero-order valence-electron chi connectivity index (χ0n) is 18.8. The highest BCUT2D eigenvalue weighted by Gasteiger charge is 2.52. The van der Waals surface area contributed by atoms with Crippen molar-refractivity contribution < 1.29 is 14.4 Å². The number of urea groups is 1. The minimum absolute atomic E-state index is 0.0593. The normalized spacial score (nSPS) is 24.6. The molecule has 1 spiro atoms. The maximum Gasteiger partial charge on any atom is 0.344 e. The number of fused-ring (bicyclic) bond motifs is 1. The van der Waals surface area contributed by atoms with E-state index in [-0.39, 0.29) is 11.7 Å². The van der Waals surface area contributed by atoms with E-state index in [0.29, 0.717) is 18.8 Å². The van der Waals surface area contributed by atoms with Gasteiger partial charge in [-0.3, -0.25) is 19.6 Å². The number of hydrogen-bond donors (Lipinski definition) is 2. The van der Waals surface area contributed by atoms with Gasteiger partial charge >= 0.3 is 6.03 Å². The van der Waals surface area contributed by atoms with Crippen LogP contribution in [0.1, 0.15) is 56.8 Å². The second-order valence-electron chi connectivity index (χ2n) is 9.32. The summed E-state index contributed by atoms with van der Waals surface area (Å²) in [6.45, 7) is 2.15. The molecule has 1 aromatic carbocycles. The molecular weight excluding hydrogens is 438 g/mol. The summed E-state index contributed by atoms with van der Waals surface area (Å²) < 4.78 is 2.14. The minimum atomic E-state index is -0.868. The highest BCUT2D eigenvalue weighted by molar-refractivity contribution is 7.99. The van der Waals surface area contributed by atoms with Crippen LogP contribution in [0.4, 0.5) is 4.79 Å². The van der Waals surface area contributed by atoms with Crippen LogP contribution < -0.4 is 10.7 Å². The van der Waals surface area contributed by atoms with Gasteiger partial charge in [-0.05, 0) is 69.4 Å². The van der Waals surface area contributed by atoms with E-state index < -0.39 is 17.5 Å². The van der Waals surface area contributed by atoms with Crippen LogP contribution in [0, 0.1) is 5.92 Å². The van der Waals surface area contributed by atoms with Crippen LogP contribution in [0.25, 0.3) is 5.69 Å². The largest absolute Gasteiger partial charge is 0.344 e. The SMILES string of the molecule is CC1CCC2(CC1)NC(=O)N(NC(=O)CSc1nc3c(n1-c1ccccc1)CCCC3)C2=O. The lowest BCUT2D eigenvalue weighted by Crippen LogP contribution is -2.51. The van der Waals surface area contributed by atoms with Gasteiger partial charge < -0.3 is 5.32 Å². The van der Waals surface area contributed by atoms with Gasteiger partial charge in [-0.15, -0.1) is 0 Å². The Hall–Kier alpha value is -2.81. The Labute approximate surface area is 197 Å². The number of nitrogens with one attached hydrogen (secondary N) is 2. The van der Waals surface area contributed by atoms with Gasteiger partial charge in [0.05, 0.1) is 11.4 Å². The minimum Gasteiger partial charge on any atom is -0.322 e. The van der Waals surface area contributed by atoms with E-state index >= 15 is 0 Å². The summed E-state index contributed by atoms with van der Waals surface area (Å²) in [6.07, 6.45) is 7.15. The van der Waals surface area contributed by atoms with Crippen molar-refractivity contribution in [3.05, 3.63) is 41.7 Å². The summed E-state index contributed by atoms with van der Waals surface area (Å²) in [5, 5.41) is 4.46. The molecule has 1 saturated heterocycles. The summed E-state index contributed by atoms with van der Waals surface area (Å²) in [5.41, 5.74) is 4.98. The van der Waals surface area contributed by atoms with Crippen LogP contribution in [-0.4, -0.2) is 43.7 Å². The first-order chi connectivity index (χ1) is 16.0. The molecule has 0 bridgehead atoms. The van der Waals surface area contributed by atoms with Crippen molar-refractivity contribution in [2.45, 2.75) is 69.0 Å². The number of carbonyl (C=O) groups is 3. The van der Waals surface area contributed by atoms with E-state index in [1.807, 2.05) is 30.3 Å². The first-order valence-electron chi connectivity index (χ1n) is 11.7. The van der Waals surface area contributed by atoms with Gasteiger partial charge in [-0.1, -0.05) is 36.9 Å². The molecule has 2 fully saturated rings. The van der Waals surface area contributed by atoms with Crippen LogP contribution in [0.3, 0.4) is 0 Å². The summed E-state index contributed by atoms with van der Waals surface area (Å²) in [6, 6.07) is 9.49. The molecule has 3 aliphatic rings. The number of hydrogen-bond acceptors (Lipinski definition) is 5. The van der Waals surface area contributed by atoms with E-state index in [9.17, 15) is 14.4 Å². The van der Waals surface area contributed by atoms with Crippen LogP contribution in [0.5, 0.6) is 0 Å². The van der Waals surface area contributed by atoms with Crippen molar-refractivity contribution in [1.29, 1.82) is 0 Å². The van der Waals surface area contributed by atoms with Crippen molar-refractivity contribution >= 4 is 29.6 Å². The predicted octanol–water partition coefficient (Wildman–Crippen LogP) is 3.38. The number of carbonyl (C=O) groups excluding carboxylic acids is 3. The fourth-order valence-electron chi connectivity index (χ4n) is 5.06. The number of thioether (sulfide) groups is 1. The lowest BCUT2D eigenvalue weighted by atomic mass is 9.77. The molecule has 5 rings (SSSR count). The highest BCUT2D eigenvalue weighted by atomic mass is 32.2. The molecule has 1 aromatic heterocycles. The van der Waals surface area contributed by atoms with Gasteiger partial charge in [-0.2, -0.15) is 5.01 Å². The number of aryl methyl sites for hydroxylation is 1. The molecule has 1 saturated carbocycles. The first kappa shape index (κ1) is 22.0. The Morgan fingerprint density at radius 2 is 1.91 bits per heavy atom. The Morgan fingerprint density at radius 3 is 2.67 bits per heavy atom. The summed E-state index contributed by atoms with van der Waals surface area (Å²) in [7, 11) is 0. The van der Waals surface area contributed by atoms with Crippen molar-refractivity contribution in [3.63, 3.8) is 0 Å². The summed E-state index contributed by atoms with van der Waals surface area (Å²) in [4.78, 5) is 43.0. The number of para-hydroxylation sites is 1. The van der Waals surface area contributed by atoms with Gasteiger partial charge in [0.25, 0.3) is 5.91 Å². The second-order valence-corrected chi connectivity index (χ2v) is 10.3. The van der Waals surface area contributed by atoms with Crippen LogP contribution in [0.15, 0.2) is 35.5 Å². The Kier molecular flexibility index (Phi) is 5.90. The molecule has 2 N–H and O–H groups in total. The van der Waals surface area contributed by atoms with Gasteiger partial charge in [0.2, 0.25) is 5.91 Å². The topological polar surface area (TPSA) is 96.3 Å². The summed E-state index contributed by atoms with van der Waals surface area (Å²) in [5.74, 6) is -0.145. The fraction of sp³-hybridized carbons (Fsp3) is 0.500. The van der Waals surface area contributed by atoms with Crippen molar-refractivity contribution in [1.82, 2.24) is 25.3 Å². The average Bonchev–Trinajstić information content (AvgIpc) is 3.31. The van der Waals surface area contributed by atoms with Crippen LogP contribution in [0.2, 0.25) is 0 Å². The Bertz CT molecular complexity index is 1080. The molecule has 8 nitrogen and oxygen atoms in total. The fourth-order valence-corrected chi connectivity index (χ4v) is 5.90.